The number of hydrogen-bond acceptors (Lipinski definition) is 4. The molecule has 0 spiro atoms. The number of amides is 1. The van der Waals surface area contributed by atoms with Gasteiger partial charge in [0.2, 0.25) is 11.7 Å². The topological polar surface area (TPSA) is 55.8 Å². The molecule has 2 aliphatic carbocycles. The van der Waals surface area contributed by atoms with Gasteiger partial charge in [-0.2, -0.15) is 0 Å². The Bertz CT molecular complexity index is 1450. The van der Waals surface area contributed by atoms with Crippen LogP contribution in [0.3, 0.4) is 0 Å². The van der Waals surface area contributed by atoms with Crippen LogP contribution in [0.1, 0.15) is 118 Å². The second-order valence-corrected chi connectivity index (χ2v) is 13.1. The number of rotatable bonds is 10. The van der Waals surface area contributed by atoms with Gasteiger partial charge in [-0.15, -0.1) is 0 Å². The average Bonchev–Trinajstić information content (AvgIpc) is 3.43. The third-order valence-electron chi connectivity index (χ3n) is 8.92. The number of hydrogen-bond donors (Lipinski definition) is 0. The lowest BCUT2D eigenvalue weighted by Crippen LogP contribution is -2.39. The molecule has 0 bridgehead atoms. The summed E-state index contributed by atoms with van der Waals surface area (Å²) in [6, 6.07) is 14.2. The normalized spacial score (nSPS) is 17.7. The summed E-state index contributed by atoms with van der Waals surface area (Å²) in [7, 11) is 0. The molecule has 0 N–H and O–H groups in total. The number of carbonyl (C=O) groups is 2. The Kier molecular flexibility index (Phi) is 10.6. The smallest absolute Gasteiger partial charge is 0.345 e. The Morgan fingerprint density at radius 2 is 1.70 bits per heavy atom. The molecule has 44 heavy (non-hydrogen) atoms. The van der Waals surface area contributed by atoms with Gasteiger partial charge in [-0.1, -0.05) is 86.8 Å². The van der Waals surface area contributed by atoms with Gasteiger partial charge in [0.05, 0.1) is 0 Å². The van der Waals surface area contributed by atoms with Crippen LogP contribution in [0.25, 0.3) is 0 Å². The van der Waals surface area contributed by atoms with E-state index < -0.39 is 11.8 Å². The van der Waals surface area contributed by atoms with E-state index in [-0.39, 0.29) is 5.91 Å². The van der Waals surface area contributed by atoms with Crippen LogP contribution in [0, 0.1) is 17.8 Å². The van der Waals surface area contributed by atoms with Crippen molar-refractivity contribution in [2.45, 2.75) is 110 Å². The molecule has 0 radical (unpaired) electrons. The van der Waals surface area contributed by atoms with Gasteiger partial charge in [-0.3, -0.25) is 4.79 Å². The number of fused-ring (bicyclic) bond motifs is 1. The Morgan fingerprint density at radius 3 is 2.48 bits per heavy atom. The summed E-state index contributed by atoms with van der Waals surface area (Å²) < 4.78 is 11.3. The number of nitrogens with zero attached hydrogens (tertiary/aromatic N) is 1. The first-order valence-electron chi connectivity index (χ1n) is 16.6. The molecule has 0 aromatic heterocycles. The molecule has 2 aromatic rings. The van der Waals surface area contributed by atoms with Gasteiger partial charge >= 0.3 is 5.97 Å². The third kappa shape index (κ3) is 8.88. The van der Waals surface area contributed by atoms with Crippen LogP contribution < -0.4 is 4.74 Å². The molecule has 1 aliphatic heterocycles. The van der Waals surface area contributed by atoms with Gasteiger partial charge in [0.15, 0.2) is 0 Å². The summed E-state index contributed by atoms with van der Waals surface area (Å²) in [5, 5.41) is 0. The lowest BCUT2D eigenvalue weighted by Gasteiger charge is -2.32. The Morgan fingerprint density at radius 1 is 0.932 bits per heavy atom. The molecule has 0 unspecified atom stereocenters. The number of unbranched alkanes of at least 4 members (excludes halogenated alkanes) is 1. The summed E-state index contributed by atoms with van der Waals surface area (Å²) in [6.45, 7) is 6.69. The summed E-state index contributed by atoms with van der Waals surface area (Å²) in [4.78, 5) is 28.3. The maximum atomic E-state index is 13.7. The molecule has 232 valence electrons. The molecule has 1 fully saturated rings. The fourth-order valence-corrected chi connectivity index (χ4v) is 6.39. The minimum Gasteiger partial charge on any atom is -0.452 e. The van der Waals surface area contributed by atoms with Crippen molar-refractivity contribution in [1.29, 1.82) is 0 Å². The highest BCUT2D eigenvalue weighted by molar-refractivity contribution is 5.93. The van der Waals surface area contributed by atoms with Crippen molar-refractivity contribution in [3.05, 3.63) is 88.0 Å². The van der Waals surface area contributed by atoms with Crippen molar-refractivity contribution < 1.29 is 19.1 Å². The summed E-state index contributed by atoms with van der Waals surface area (Å²) in [5.74, 6) is 6.72. The molecular formula is C39H47NO4. The number of benzene rings is 2. The van der Waals surface area contributed by atoms with E-state index in [2.05, 4.69) is 55.2 Å². The van der Waals surface area contributed by atoms with Gasteiger partial charge in [0.25, 0.3) is 0 Å². The molecular weight excluding hydrogens is 546 g/mol. The Labute approximate surface area is 263 Å². The Hall–Kier alpha value is -3.78. The summed E-state index contributed by atoms with van der Waals surface area (Å²) in [6.07, 6.45) is 17.3. The van der Waals surface area contributed by atoms with Crippen LogP contribution >= 0.6 is 0 Å². The van der Waals surface area contributed by atoms with Crippen molar-refractivity contribution in [2.24, 2.45) is 5.92 Å². The molecule has 1 heterocycles. The zero-order chi connectivity index (χ0) is 30.9. The Balaban J connectivity index is 1.29. The van der Waals surface area contributed by atoms with Crippen molar-refractivity contribution in [1.82, 2.24) is 4.90 Å². The first kappa shape index (κ1) is 31.6. The SMILES string of the molecule is CCCCc1ccc(C#CC2=CC=C(CN(Cc3ccc4c(c3)C(=O)OC(C)(C)O4)C(=O)CCC3CCCC3)CCC2)cc1. The van der Waals surface area contributed by atoms with Crippen molar-refractivity contribution in [3.8, 4) is 17.6 Å². The first-order chi connectivity index (χ1) is 21.3. The van der Waals surface area contributed by atoms with E-state index in [1.807, 2.05) is 23.1 Å². The monoisotopic (exact) mass is 593 g/mol. The molecule has 1 saturated carbocycles. The highest BCUT2D eigenvalue weighted by atomic mass is 16.7. The maximum absolute atomic E-state index is 13.7. The van der Waals surface area contributed by atoms with Gasteiger partial charge in [-0.25, -0.2) is 4.79 Å². The zero-order valence-corrected chi connectivity index (χ0v) is 26.8. The highest BCUT2D eigenvalue weighted by Gasteiger charge is 2.34. The van der Waals surface area contributed by atoms with E-state index in [0.29, 0.717) is 36.7 Å². The van der Waals surface area contributed by atoms with E-state index in [1.54, 1.807) is 13.8 Å². The molecule has 3 aliphatic rings. The van der Waals surface area contributed by atoms with Crippen molar-refractivity contribution >= 4 is 11.9 Å². The van der Waals surface area contributed by atoms with Gasteiger partial charge < -0.3 is 14.4 Å². The molecule has 5 nitrogen and oxygen atoms in total. The number of allylic oxidation sites excluding steroid dienone is 3. The van der Waals surface area contributed by atoms with Crippen LogP contribution in [-0.2, 0) is 22.5 Å². The van der Waals surface area contributed by atoms with Crippen LogP contribution in [0.5, 0.6) is 5.75 Å². The third-order valence-corrected chi connectivity index (χ3v) is 8.92. The number of esters is 1. The lowest BCUT2D eigenvalue weighted by atomic mass is 10.0. The molecule has 1 amide bonds. The minimum atomic E-state index is -0.991. The second kappa shape index (κ2) is 14.8. The van der Waals surface area contributed by atoms with Crippen molar-refractivity contribution in [3.63, 3.8) is 0 Å². The van der Waals surface area contributed by atoms with E-state index >= 15 is 0 Å². The second-order valence-electron chi connectivity index (χ2n) is 13.1. The summed E-state index contributed by atoms with van der Waals surface area (Å²) in [5.41, 5.74) is 6.09. The lowest BCUT2D eigenvalue weighted by molar-refractivity contribution is -0.131. The van der Waals surface area contributed by atoms with E-state index in [9.17, 15) is 9.59 Å². The molecule has 5 rings (SSSR count). The highest BCUT2D eigenvalue weighted by Crippen LogP contribution is 2.33. The van der Waals surface area contributed by atoms with Gasteiger partial charge in [0.1, 0.15) is 11.3 Å². The predicted octanol–water partition coefficient (Wildman–Crippen LogP) is 8.70. The van der Waals surface area contributed by atoms with Crippen LogP contribution in [-0.4, -0.2) is 29.1 Å². The fourth-order valence-electron chi connectivity index (χ4n) is 6.39. The maximum Gasteiger partial charge on any atom is 0.345 e. The van der Waals surface area contributed by atoms with Gasteiger partial charge in [-0.05, 0) is 79.8 Å². The number of aryl methyl sites for hydroxylation is 1. The minimum absolute atomic E-state index is 0.172. The predicted molar refractivity (Wildman–Crippen MR) is 175 cm³/mol. The zero-order valence-electron chi connectivity index (χ0n) is 26.8. The van der Waals surface area contributed by atoms with Gasteiger partial charge in [0, 0.05) is 44.5 Å². The number of carbonyl (C=O) groups excluding carboxylic acids is 2. The standard InChI is InChI=1S/C39H47NO4/c1-4-5-9-30-14-17-32(18-15-30)19-16-31-12-8-13-33(21-20-31)27-40(37(41)25-23-29-10-6-7-11-29)28-34-22-24-36-35(26-34)38(42)44-39(2,3)43-36/h14-15,17-18,20-22,24,26,29H,4-13,23,25,27-28H2,1-3H3. The molecule has 0 atom stereocenters. The number of cyclic esters (lactones) is 1. The van der Waals surface area contributed by atoms with Crippen LogP contribution in [0.4, 0.5) is 0 Å². The number of ether oxygens (including phenoxy) is 2. The van der Waals surface area contributed by atoms with E-state index in [0.717, 1.165) is 48.8 Å². The van der Waals surface area contributed by atoms with E-state index in [1.165, 1.54) is 49.7 Å². The molecule has 2 aromatic carbocycles. The molecule has 5 heteroatoms. The average molecular weight is 594 g/mol. The van der Waals surface area contributed by atoms with Crippen molar-refractivity contribution in [2.75, 3.05) is 6.54 Å². The quantitative estimate of drug-likeness (QED) is 0.204. The largest absolute Gasteiger partial charge is 0.452 e. The van der Waals surface area contributed by atoms with Crippen LogP contribution in [0.15, 0.2) is 65.8 Å². The fraction of sp³-hybridized carbons (Fsp3) is 0.487. The van der Waals surface area contributed by atoms with Crippen LogP contribution in [0.2, 0.25) is 0 Å². The first-order valence-corrected chi connectivity index (χ1v) is 16.6. The van der Waals surface area contributed by atoms with E-state index in [4.69, 9.17) is 9.47 Å². The summed E-state index contributed by atoms with van der Waals surface area (Å²) >= 11 is 0. The molecule has 0 saturated heterocycles.